The molecule has 2 atom stereocenters. The zero-order valence-corrected chi connectivity index (χ0v) is 10.7. The molecule has 0 aliphatic carbocycles. The summed E-state index contributed by atoms with van der Waals surface area (Å²) < 4.78 is 5.33. The molecule has 0 spiro atoms. The van der Waals surface area contributed by atoms with Crippen molar-refractivity contribution in [3.05, 3.63) is 35.9 Å². The minimum atomic E-state index is -0.343. The Balaban J connectivity index is 1.63. The number of nitrogens with zero attached hydrogens (tertiary/aromatic N) is 1. The van der Waals surface area contributed by atoms with Crippen LogP contribution in [0.2, 0.25) is 0 Å². The zero-order valence-electron chi connectivity index (χ0n) is 10.7. The summed E-state index contributed by atoms with van der Waals surface area (Å²) >= 11 is 0. The Hall–Kier alpha value is -1.84. The second-order valence-corrected chi connectivity index (χ2v) is 5.20. The fourth-order valence-corrected chi connectivity index (χ4v) is 3.03. The lowest BCUT2D eigenvalue weighted by atomic mass is 10.0. The van der Waals surface area contributed by atoms with E-state index in [1.165, 1.54) is 0 Å². The van der Waals surface area contributed by atoms with Crippen molar-refractivity contribution in [2.24, 2.45) is 0 Å². The number of hydrogen-bond acceptors (Lipinski definition) is 3. The third kappa shape index (κ3) is 2.35. The van der Waals surface area contributed by atoms with Gasteiger partial charge in [0.25, 0.3) is 0 Å². The minimum Gasteiger partial charge on any atom is -0.445 e. The number of benzene rings is 1. The molecule has 4 heteroatoms. The first-order valence-electron chi connectivity index (χ1n) is 6.77. The zero-order chi connectivity index (χ0) is 13.2. The van der Waals surface area contributed by atoms with Crippen LogP contribution in [0.3, 0.4) is 0 Å². The molecular weight excluding hydrogens is 242 g/mol. The Kier molecular flexibility index (Phi) is 3.23. The number of carbonyl (C=O) groups is 2. The average Bonchev–Trinajstić information content (AvgIpc) is 2.78. The second kappa shape index (κ2) is 5.03. The van der Waals surface area contributed by atoms with Crippen molar-refractivity contribution < 1.29 is 14.3 Å². The lowest BCUT2D eigenvalue weighted by molar-refractivity contribution is -0.125. The maximum atomic E-state index is 12.1. The molecule has 19 heavy (non-hydrogen) atoms. The summed E-state index contributed by atoms with van der Waals surface area (Å²) in [5.41, 5.74) is 0.964. The first kappa shape index (κ1) is 12.2. The van der Waals surface area contributed by atoms with Crippen LogP contribution in [-0.2, 0) is 16.1 Å². The fraction of sp³-hybridized carbons (Fsp3) is 0.467. The molecule has 1 amide bonds. The van der Waals surface area contributed by atoms with E-state index < -0.39 is 0 Å². The number of rotatable bonds is 2. The van der Waals surface area contributed by atoms with E-state index in [4.69, 9.17) is 4.74 Å². The van der Waals surface area contributed by atoms with E-state index >= 15 is 0 Å². The van der Waals surface area contributed by atoms with Crippen LogP contribution in [-0.4, -0.2) is 28.9 Å². The van der Waals surface area contributed by atoms with E-state index in [9.17, 15) is 9.59 Å². The smallest absolute Gasteiger partial charge is 0.410 e. The molecule has 2 bridgehead atoms. The summed E-state index contributed by atoms with van der Waals surface area (Å²) in [5.74, 6) is 0.186. The van der Waals surface area contributed by atoms with Crippen molar-refractivity contribution >= 4 is 11.9 Å². The van der Waals surface area contributed by atoms with Crippen LogP contribution >= 0.6 is 0 Å². The molecule has 0 N–H and O–H groups in total. The SMILES string of the molecule is O=C1CCC2CCC1N2C(=O)OCc1ccccc1. The van der Waals surface area contributed by atoms with Gasteiger partial charge in [-0.05, 0) is 24.8 Å². The quantitative estimate of drug-likeness (QED) is 0.820. The van der Waals surface area contributed by atoms with Crippen LogP contribution in [0.1, 0.15) is 31.2 Å². The number of ether oxygens (including phenoxy) is 1. The van der Waals surface area contributed by atoms with Crippen LogP contribution in [0, 0.1) is 0 Å². The molecule has 4 nitrogen and oxygen atoms in total. The monoisotopic (exact) mass is 259 g/mol. The summed E-state index contributed by atoms with van der Waals surface area (Å²) in [6, 6.07) is 9.56. The average molecular weight is 259 g/mol. The molecule has 100 valence electrons. The van der Waals surface area contributed by atoms with Crippen LogP contribution in [0.25, 0.3) is 0 Å². The number of piperidine rings is 1. The van der Waals surface area contributed by atoms with E-state index in [1.54, 1.807) is 4.90 Å². The highest BCUT2D eigenvalue weighted by Crippen LogP contribution is 2.34. The molecule has 2 unspecified atom stereocenters. The standard InChI is InChI=1S/C15H17NO3/c17-14-9-7-12-6-8-13(14)16(12)15(18)19-10-11-4-2-1-3-5-11/h1-5,12-13H,6-10H2. The van der Waals surface area contributed by atoms with E-state index in [0.29, 0.717) is 6.42 Å². The number of hydrogen-bond donors (Lipinski definition) is 0. The van der Waals surface area contributed by atoms with E-state index in [2.05, 4.69) is 0 Å². The molecule has 3 rings (SSSR count). The summed E-state index contributed by atoms with van der Waals surface area (Å²) in [6.07, 6.45) is 2.78. The van der Waals surface area contributed by atoms with Gasteiger partial charge in [-0.1, -0.05) is 30.3 Å². The highest BCUT2D eigenvalue weighted by molar-refractivity contribution is 5.89. The van der Waals surface area contributed by atoms with Crippen molar-refractivity contribution in [2.75, 3.05) is 0 Å². The number of ketones is 1. The van der Waals surface area contributed by atoms with Gasteiger partial charge < -0.3 is 4.74 Å². The minimum absolute atomic E-state index is 0.186. The summed E-state index contributed by atoms with van der Waals surface area (Å²) in [6.45, 7) is 0.268. The van der Waals surface area contributed by atoms with Gasteiger partial charge in [-0.2, -0.15) is 0 Å². The molecule has 2 aliphatic heterocycles. The van der Waals surface area contributed by atoms with E-state index in [1.807, 2.05) is 30.3 Å². The Labute approximate surface area is 112 Å². The fourth-order valence-electron chi connectivity index (χ4n) is 3.03. The predicted molar refractivity (Wildman–Crippen MR) is 69.5 cm³/mol. The maximum Gasteiger partial charge on any atom is 0.410 e. The highest BCUT2D eigenvalue weighted by Gasteiger charge is 2.44. The predicted octanol–water partition coefficient (Wildman–Crippen LogP) is 2.52. The van der Waals surface area contributed by atoms with Crippen molar-refractivity contribution in [2.45, 2.75) is 44.4 Å². The Morgan fingerprint density at radius 3 is 2.79 bits per heavy atom. The molecule has 1 aromatic carbocycles. The molecule has 2 aliphatic rings. The number of Topliss-reactive ketones (excluding diaryl/α,β-unsaturated/α-hetero) is 1. The summed E-state index contributed by atoms with van der Waals surface area (Å²) in [5, 5.41) is 0. The van der Waals surface area contributed by atoms with Gasteiger partial charge in [-0.25, -0.2) is 4.79 Å². The number of amides is 1. The van der Waals surface area contributed by atoms with Gasteiger partial charge >= 0.3 is 6.09 Å². The third-order valence-electron chi connectivity index (χ3n) is 4.01. The van der Waals surface area contributed by atoms with Crippen LogP contribution in [0.15, 0.2) is 30.3 Å². The molecule has 1 aromatic rings. The number of carbonyl (C=O) groups excluding carboxylic acids is 2. The maximum absolute atomic E-state index is 12.1. The molecule has 2 heterocycles. The van der Waals surface area contributed by atoms with Gasteiger partial charge in [-0.15, -0.1) is 0 Å². The topological polar surface area (TPSA) is 46.6 Å². The summed E-state index contributed by atoms with van der Waals surface area (Å²) in [4.78, 5) is 25.6. The molecule has 2 saturated heterocycles. The Morgan fingerprint density at radius 2 is 2.00 bits per heavy atom. The van der Waals surface area contributed by atoms with Gasteiger partial charge in [0.1, 0.15) is 6.61 Å². The normalized spacial score (nSPS) is 25.5. The van der Waals surface area contributed by atoms with Crippen molar-refractivity contribution in [1.82, 2.24) is 4.90 Å². The van der Waals surface area contributed by atoms with Gasteiger partial charge in [0.15, 0.2) is 5.78 Å². The van der Waals surface area contributed by atoms with Crippen LogP contribution in [0.5, 0.6) is 0 Å². The lowest BCUT2D eigenvalue weighted by Crippen LogP contribution is -2.48. The highest BCUT2D eigenvalue weighted by atomic mass is 16.6. The largest absolute Gasteiger partial charge is 0.445 e. The Bertz CT molecular complexity index is 485. The lowest BCUT2D eigenvalue weighted by Gasteiger charge is -2.32. The molecule has 0 aromatic heterocycles. The summed E-state index contributed by atoms with van der Waals surface area (Å²) in [7, 11) is 0. The van der Waals surface area contributed by atoms with E-state index in [-0.39, 0.29) is 30.6 Å². The first-order chi connectivity index (χ1) is 9.25. The molecular formula is C15H17NO3. The number of fused-ring (bicyclic) bond motifs is 2. The van der Waals surface area contributed by atoms with Crippen molar-refractivity contribution in [1.29, 1.82) is 0 Å². The molecule has 2 fully saturated rings. The molecule has 0 radical (unpaired) electrons. The Morgan fingerprint density at radius 1 is 1.21 bits per heavy atom. The van der Waals surface area contributed by atoms with E-state index in [0.717, 1.165) is 24.8 Å². The van der Waals surface area contributed by atoms with Gasteiger partial charge in [0.2, 0.25) is 0 Å². The van der Waals surface area contributed by atoms with Crippen molar-refractivity contribution in [3.8, 4) is 0 Å². The second-order valence-electron chi connectivity index (χ2n) is 5.20. The van der Waals surface area contributed by atoms with Crippen LogP contribution in [0.4, 0.5) is 4.79 Å². The van der Waals surface area contributed by atoms with Gasteiger partial charge in [-0.3, -0.25) is 9.69 Å². The van der Waals surface area contributed by atoms with Gasteiger partial charge in [0, 0.05) is 12.5 Å². The van der Waals surface area contributed by atoms with Crippen molar-refractivity contribution in [3.63, 3.8) is 0 Å². The van der Waals surface area contributed by atoms with Crippen LogP contribution < -0.4 is 0 Å². The van der Waals surface area contributed by atoms with Gasteiger partial charge in [0.05, 0.1) is 6.04 Å². The third-order valence-corrected chi connectivity index (χ3v) is 4.01. The molecule has 0 saturated carbocycles. The first-order valence-corrected chi connectivity index (χ1v) is 6.77.